The number of benzene rings is 1. The normalized spacial score (nSPS) is 18.4. The highest BCUT2D eigenvalue weighted by Crippen LogP contribution is 2.22. The van der Waals surface area contributed by atoms with Gasteiger partial charge in [-0.1, -0.05) is 0 Å². The van der Waals surface area contributed by atoms with Crippen molar-refractivity contribution >= 4 is 44.4 Å². The largest absolute Gasteiger partial charge is 0.347 e. The number of carbonyl (C=O) groups is 1. The van der Waals surface area contributed by atoms with Crippen LogP contribution in [-0.2, 0) is 0 Å². The van der Waals surface area contributed by atoms with E-state index in [-0.39, 0.29) is 11.4 Å². The number of rotatable bonds is 2. The SMILES string of the molecule is CC1(NC(=O)c2cc(I)ccc2Br)CCNCC1. The molecule has 1 aliphatic rings. The minimum Gasteiger partial charge on any atom is -0.347 e. The Hall–Kier alpha value is -0.140. The summed E-state index contributed by atoms with van der Waals surface area (Å²) < 4.78 is 1.91. The molecule has 1 saturated heterocycles. The number of nitrogens with one attached hydrogen (secondary N) is 2. The first kappa shape index (κ1) is 14.3. The number of hydrogen-bond donors (Lipinski definition) is 2. The van der Waals surface area contributed by atoms with Gasteiger partial charge in [-0.2, -0.15) is 0 Å². The predicted octanol–water partition coefficient (Wildman–Crippen LogP) is 2.93. The summed E-state index contributed by atoms with van der Waals surface area (Å²) in [6.45, 7) is 4.04. The summed E-state index contributed by atoms with van der Waals surface area (Å²) in [5.74, 6) is 0.00444. The van der Waals surface area contributed by atoms with Gasteiger partial charge in [0.25, 0.3) is 5.91 Å². The van der Waals surface area contributed by atoms with E-state index in [0.717, 1.165) is 34.0 Å². The summed E-state index contributed by atoms with van der Waals surface area (Å²) in [4.78, 5) is 12.3. The molecule has 5 heteroatoms. The Morgan fingerprint density at radius 3 is 2.78 bits per heavy atom. The Morgan fingerprint density at radius 1 is 1.44 bits per heavy atom. The van der Waals surface area contributed by atoms with Crippen LogP contribution in [0.15, 0.2) is 22.7 Å². The van der Waals surface area contributed by atoms with Crippen LogP contribution in [0.4, 0.5) is 0 Å². The molecular formula is C13H16BrIN2O. The highest BCUT2D eigenvalue weighted by Gasteiger charge is 2.29. The maximum atomic E-state index is 12.3. The van der Waals surface area contributed by atoms with Crippen molar-refractivity contribution in [1.29, 1.82) is 0 Å². The molecule has 0 radical (unpaired) electrons. The first-order valence-electron chi connectivity index (χ1n) is 5.98. The predicted molar refractivity (Wildman–Crippen MR) is 84.8 cm³/mol. The van der Waals surface area contributed by atoms with Crippen molar-refractivity contribution < 1.29 is 4.79 Å². The Morgan fingerprint density at radius 2 is 2.11 bits per heavy atom. The second kappa shape index (κ2) is 5.88. The van der Waals surface area contributed by atoms with Gasteiger partial charge in [0.2, 0.25) is 0 Å². The van der Waals surface area contributed by atoms with E-state index < -0.39 is 0 Å². The molecule has 1 aromatic rings. The van der Waals surface area contributed by atoms with E-state index in [1.165, 1.54) is 0 Å². The van der Waals surface area contributed by atoms with Crippen LogP contribution in [0.3, 0.4) is 0 Å². The third-order valence-corrected chi connectivity index (χ3v) is 4.66. The molecule has 3 nitrogen and oxygen atoms in total. The van der Waals surface area contributed by atoms with Crippen molar-refractivity contribution in [2.24, 2.45) is 0 Å². The van der Waals surface area contributed by atoms with E-state index >= 15 is 0 Å². The summed E-state index contributed by atoms with van der Waals surface area (Å²) >= 11 is 5.66. The van der Waals surface area contributed by atoms with Gasteiger partial charge in [-0.15, -0.1) is 0 Å². The van der Waals surface area contributed by atoms with Crippen LogP contribution in [0.5, 0.6) is 0 Å². The van der Waals surface area contributed by atoms with Gasteiger partial charge in [0.15, 0.2) is 0 Å². The quantitative estimate of drug-likeness (QED) is 0.719. The zero-order valence-electron chi connectivity index (χ0n) is 10.2. The average Bonchev–Trinajstić information content (AvgIpc) is 2.32. The highest BCUT2D eigenvalue weighted by molar-refractivity contribution is 14.1. The second-order valence-electron chi connectivity index (χ2n) is 4.89. The fourth-order valence-electron chi connectivity index (χ4n) is 2.12. The first-order chi connectivity index (χ1) is 8.50. The molecule has 0 aromatic heterocycles. The van der Waals surface area contributed by atoms with Crippen molar-refractivity contribution in [3.63, 3.8) is 0 Å². The Kier molecular flexibility index (Phi) is 4.66. The number of piperidine rings is 1. The Balaban J connectivity index is 2.14. The molecule has 2 N–H and O–H groups in total. The lowest BCUT2D eigenvalue weighted by atomic mass is 9.90. The molecule has 1 fully saturated rings. The second-order valence-corrected chi connectivity index (χ2v) is 6.99. The van der Waals surface area contributed by atoms with Gasteiger partial charge in [0.05, 0.1) is 5.56 Å². The molecule has 98 valence electrons. The van der Waals surface area contributed by atoms with E-state index in [1.807, 2.05) is 18.2 Å². The number of hydrogen-bond acceptors (Lipinski definition) is 2. The van der Waals surface area contributed by atoms with Crippen molar-refractivity contribution in [2.75, 3.05) is 13.1 Å². The molecule has 18 heavy (non-hydrogen) atoms. The van der Waals surface area contributed by atoms with Crippen LogP contribution in [0.2, 0.25) is 0 Å². The minimum atomic E-state index is -0.0942. The van der Waals surface area contributed by atoms with Crippen LogP contribution < -0.4 is 10.6 Å². The lowest BCUT2D eigenvalue weighted by Crippen LogP contribution is -2.52. The fraction of sp³-hybridized carbons (Fsp3) is 0.462. The number of amides is 1. The van der Waals surface area contributed by atoms with E-state index in [0.29, 0.717) is 5.56 Å². The lowest BCUT2D eigenvalue weighted by molar-refractivity contribution is 0.0886. The van der Waals surface area contributed by atoms with Gasteiger partial charge in [0.1, 0.15) is 0 Å². The van der Waals surface area contributed by atoms with Crippen LogP contribution in [0.1, 0.15) is 30.1 Å². The molecule has 1 heterocycles. The smallest absolute Gasteiger partial charge is 0.252 e. The molecule has 0 bridgehead atoms. The van der Waals surface area contributed by atoms with Gasteiger partial charge < -0.3 is 10.6 Å². The van der Waals surface area contributed by atoms with Crippen molar-refractivity contribution in [2.45, 2.75) is 25.3 Å². The molecule has 2 rings (SSSR count). The topological polar surface area (TPSA) is 41.1 Å². The molecule has 1 aliphatic heterocycles. The van der Waals surface area contributed by atoms with Crippen LogP contribution in [0, 0.1) is 3.57 Å². The first-order valence-corrected chi connectivity index (χ1v) is 7.86. The fourth-order valence-corrected chi connectivity index (χ4v) is 3.03. The molecule has 0 atom stereocenters. The Bertz CT molecular complexity index is 458. The van der Waals surface area contributed by atoms with Gasteiger partial charge in [0, 0.05) is 13.6 Å². The molecule has 1 aromatic carbocycles. The minimum absolute atomic E-state index is 0.00444. The summed E-state index contributed by atoms with van der Waals surface area (Å²) in [5.41, 5.74) is 0.616. The van der Waals surface area contributed by atoms with Gasteiger partial charge in [-0.05, 0) is 89.6 Å². The molecule has 0 unspecified atom stereocenters. The third kappa shape index (κ3) is 3.45. The zero-order chi connectivity index (χ0) is 13.2. The maximum absolute atomic E-state index is 12.3. The van der Waals surface area contributed by atoms with Crippen LogP contribution in [-0.4, -0.2) is 24.5 Å². The van der Waals surface area contributed by atoms with Crippen molar-refractivity contribution in [3.8, 4) is 0 Å². The third-order valence-electron chi connectivity index (χ3n) is 3.30. The standard InChI is InChI=1S/C13H16BrIN2O/c1-13(4-6-16-7-5-13)17-12(18)10-8-9(15)2-3-11(10)14/h2-3,8,16H,4-7H2,1H3,(H,17,18). The molecular weight excluding hydrogens is 407 g/mol. The van der Waals surface area contributed by atoms with Gasteiger partial charge in [-0.3, -0.25) is 4.79 Å². The molecule has 0 saturated carbocycles. The Labute approximate surface area is 129 Å². The summed E-state index contributed by atoms with van der Waals surface area (Å²) in [6, 6.07) is 5.81. The van der Waals surface area contributed by atoms with Crippen molar-refractivity contribution in [3.05, 3.63) is 31.8 Å². The molecule has 0 spiro atoms. The van der Waals surface area contributed by atoms with Crippen LogP contribution in [0.25, 0.3) is 0 Å². The number of carbonyl (C=O) groups excluding carboxylic acids is 1. The zero-order valence-corrected chi connectivity index (χ0v) is 14.0. The average molecular weight is 423 g/mol. The monoisotopic (exact) mass is 422 g/mol. The van der Waals surface area contributed by atoms with Crippen LogP contribution >= 0.6 is 38.5 Å². The summed E-state index contributed by atoms with van der Waals surface area (Å²) in [6.07, 6.45) is 1.95. The lowest BCUT2D eigenvalue weighted by Gasteiger charge is -2.35. The summed E-state index contributed by atoms with van der Waals surface area (Å²) in [5, 5.41) is 6.48. The van der Waals surface area contributed by atoms with E-state index in [4.69, 9.17) is 0 Å². The summed E-state index contributed by atoms with van der Waals surface area (Å²) in [7, 11) is 0. The highest BCUT2D eigenvalue weighted by atomic mass is 127. The molecule has 1 amide bonds. The maximum Gasteiger partial charge on any atom is 0.252 e. The van der Waals surface area contributed by atoms with E-state index in [2.05, 4.69) is 56.1 Å². The molecule has 0 aliphatic carbocycles. The number of halogens is 2. The van der Waals surface area contributed by atoms with Gasteiger partial charge in [-0.25, -0.2) is 0 Å². The van der Waals surface area contributed by atoms with E-state index in [9.17, 15) is 4.79 Å². The van der Waals surface area contributed by atoms with E-state index in [1.54, 1.807) is 0 Å². The van der Waals surface area contributed by atoms with Crippen molar-refractivity contribution in [1.82, 2.24) is 10.6 Å². The van der Waals surface area contributed by atoms with Gasteiger partial charge >= 0.3 is 0 Å².